The first-order valence-electron chi connectivity index (χ1n) is 8.11. The van der Waals surface area contributed by atoms with Crippen LogP contribution < -0.4 is 5.32 Å². The first-order valence-corrected chi connectivity index (χ1v) is 8.11. The maximum Gasteiger partial charge on any atom is 0.241 e. The molecule has 1 N–H and O–H groups in total. The lowest BCUT2D eigenvalue weighted by atomic mass is 9.80. The zero-order chi connectivity index (χ0) is 14.0. The van der Waals surface area contributed by atoms with E-state index in [0.29, 0.717) is 17.7 Å². The first kappa shape index (κ1) is 14.8. The second-order valence-electron chi connectivity index (χ2n) is 6.72. The van der Waals surface area contributed by atoms with Crippen LogP contribution in [0.15, 0.2) is 0 Å². The lowest BCUT2D eigenvalue weighted by molar-refractivity contribution is -0.131. The number of amides is 1. The van der Waals surface area contributed by atoms with E-state index in [4.69, 9.17) is 0 Å². The molecule has 0 bridgehead atoms. The predicted molar refractivity (Wildman–Crippen MR) is 78.7 cm³/mol. The lowest BCUT2D eigenvalue weighted by Crippen LogP contribution is -2.40. The maximum atomic E-state index is 12.6. The average molecular weight is 266 g/mol. The molecule has 0 aromatic rings. The fourth-order valence-electron chi connectivity index (χ4n) is 3.60. The normalized spacial score (nSPS) is 37.7. The number of nitrogens with zero attached hydrogens (tertiary/aromatic N) is 1. The minimum absolute atomic E-state index is 0.0406. The van der Waals surface area contributed by atoms with Crippen molar-refractivity contribution in [2.24, 2.45) is 17.8 Å². The Labute approximate surface area is 118 Å². The minimum atomic E-state index is 0.0406. The van der Waals surface area contributed by atoms with Gasteiger partial charge >= 0.3 is 0 Å². The fourth-order valence-corrected chi connectivity index (χ4v) is 3.60. The molecule has 5 atom stereocenters. The summed E-state index contributed by atoms with van der Waals surface area (Å²) in [5, 5.41) is 3.49. The van der Waals surface area contributed by atoms with Crippen LogP contribution in [0, 0.1) is 17.8 Å². The van der Waals surface area contributed by atoms with E-state index in [1.165, 1.54) is 25.7 Å². The van der Waals surface area contributed by atoms with E-state index in [1.807, 2.05) is 0 Å². The van der Waals surface area contributed by atoms with Crippen LogP contribution in [0.3, 0.4) is 0 Å². The van der Waals surface area contributed by atoms with Crippen molar-refractivity contribution in [2.75, 3.05) is 6.54 Å². The van der Waals surface area contributed by atoms with Gasteiger partial charge in [0.1, 0.15) is 0 Å². The average Bonchev–Trinajstić information content (AvgIpc) is 2.68. The van der Waals surface area contributed by atoms with E-state index >= 15 is 0 Å². The van der Waals surface area contributed by atoms with Crippen molar-refractivity contribution in [3.63, 3.8) is 0 Å². The van der Waals surface area contributed by atoms with Crippen molar-refractivity contribution >= 4 is 5.91 Å². The van der Waals surface area contributed by atoms with Crippen molar-refractivity contribution < 1.29 is 4.79 Å². The standard InChI is InChI=1S/C16H30N2O/c1-5-11(2)15-16(19)18(13(4)17-15)10-14-9-7-6-8-12(14)3/h11-15,17H,5-10H2,1-4H3. The van der Waals surface area contributed by atoms with E-state index in [0.717, 1.165) is 18.9 Å². The largest absolute Gasteiger partial charge is 0.326 e. The summed E-state index contributed by atoms with van der Waals surface area (Å²) in [6.45, 7) is 9.79. The van der Waals surface area contributed by atoms with Crippen LogP contribution in [-0.4, -0.2) is 29.6 Å². The summed E-state index contributed by atoms with van der Waals surface area (Å²) in [6, 6.07) is 0.0406. The molecular formula is C16H30N2O. The smallest absolute Gasteiger partial charge is 0.241 e. The number of carbonyl (C=O) groups excluding carboxylic acids is 1. The summed E-state index contributed by atoms with van der Waals surface area (Å²) >= 11 is 0. The summed E-state index contributed by atoms with van der Waals surface area (Å²) in [4.78, 5) is 14.7. The molecule has 1 heterocycles. The van der Waals surface area contributed by atoms with Gasteiger partial charge in [-0.05, 0) is 31.1 Å². The van der Waals surface area contributed by atoms with Crippen molar-refractivity contribution in [1.29, 1.82) is 0 Å². The Morgan fingerprint density at radius 3 is 2.63 bits per heavy atom. The molecule has 19 heavy (non-hydrogen) atoms. The highest BCUT2D eigenvalue weighted by Crippen LogP contribution is 2.31. The molecule has 2 fully saturated rings. The van der Waals surface area contributed by atoms with Crippen LogP contribution in [0.2, 0.25) is 0 Å². The van der Waals surface area contributed by atoms with E-state index in [2.05, 4.69) is 37.9 Å². The van der Waals surface area contributed by atoms with E-state index in [9.17, 15) is 4.79 Å². The molecule has 3 nitrogen and oxygen atoms in total. The fraction of sp³-hybridized carbons (Fsp3) is 0.938. The maximum absolute atomic E-state index is 12.6. The van der Waals surface area contributed by atoms with E-state index < -0.39 is 0 Å². The molecule has 5 unspecified atom stereocenters. The van der Waals surface area contributed by atoms with Gasteiger partial charge in [-0.2, -0.15) is 0 Å². The summed E-state index contributed by atoms with van der Waals surface area (Å²) in [5.41, 5.74) is 0. The predicted octanol–water partition coefficient (Wildman–Crippen LogP) is 3.01. The molecule has 0 aromatic carbocycles. The number of hydrogen-bond acceptors (Lipinski definition) is 2. The van der Waals surface area contributed by atoms with Gasteiger partial charge in [-0.3, -0.25) is 10.1 Å². The third-order valence-electron chi connectivity index (χ3n) is 5.37. The minimum Gasteiger partial charge on any atom is -0.326 e. The van der Waals surface area contributed by atoms with Gasteiger partial charge in [0.2, 0.25) is 5.91 Å². The van der Waals surface area contributed by atoms with Crippen LogP contribution in [0.1, 0.15) is 59.8 Å². The summed E-state index contributed by atoms with van der Waals surface area (Å²) in [5.74, 6) is 2.25. The van der Waals surface area contributed by atoms with Crippen molar-refractivity contribution in [2.45, 2.75) is 72.0 Å². The zero-order valence-electron chi connectivity index (χ0n) is 13.0. The molecule has 110 valence electrons. The van der Waals surface area contributed by atoms with Gasteiger partial charge in [0, 0.05) is 6.54 Å². The van der Waals surface area contributed by atoms with Gasteiger partial charge in [-0.1, -0.05) is 46.5 Å². The van der Waals surface area contributed by atoms with Crippen LogP contribution in [-0.2, 0) is 4.79 Å². The number of hydrogen-bond donors (Lipinski definition) is 1. The van der Waals surface area contributed by atoms with Gasteiger partial charge in [-0.25, -0.2) is 0 Å². The molecule has 0 aromatic heterocycles. The Morgan fingerprint density at radius 1 is 1.32 bits per heavy atom. The third kappa shape index (κ3) is 3.13. The number of carbonyl (C=O) groups is 1. The Morgan fingerprint density at radius 2 is 2.00 bits per heavy atom. The van der Waals surface area contributed by atoms with Crippen LogP contribution in [0.4, 0.5) is 0 Å². The second-order valence-corrected chi connectivity index (χ2v) is 6.72. The number of rotatable bonds is 4. The second kappa shape index (κ2) is 6.25. The SMILES string of the molecule is CCC(C)C1NC(C)N(CC2CCCCC2C)C1=O. The van der Waals surface area contributed by atoms with E-state index in [1.54, 1.807) is 0 Å². The Hall–Kier alpha value is -0.570. The molecule has 1 aliphatic carbocycles. The highest BCUT2D eigenvalue weighted by Gasteiger charge is 2.40. The lowest BCUT2D eigenvalue weighted by Gasteiger charge is -2.33. The molecule has 2 rings (SSSR count). The molecular weight excluding hydrogens is 236 g/mol. The third-order valence-corrected chi connectivity index (χ3v) is 5.37. The van der Waals surface area contributed by atoms with Crippen LogP contribution in [0.25, 0.3) is 0 Å². The number of nitrogens with one attached hydrogen (secondary N) is 1. The van der Waals surface area contributed by atoms with Crippen molar-refractivity contribution in [3.05, 3.63) is 0 Å². The van der Waals surface area contributed by atoms with Crippen molar-refractivity contribution in [1.82, 2.24) is 10.2 Å². The van der Waals surface area contributed by atoms with Gasteiger partial charge in [-0.15, -0.1) is 0 Å². The van der Waals surface area contributed by atoms with Crippen molar-refractivity contribution in [3.8, 4) is 0 Å². The molecule has 1 aliphatic heterocycles. The highest BCUT2D eigenvalue weighted by molar-refractivity contribution is 5.84. The first-order chi connectivity index (χ1) is 9.04. The quantitative estimate of drug-likeness (QED) is 0.848. The topological polar surface area (TPSA) is 32.3 Å². The van der Waals surface area contributed by atoms with Gasteiger partial charge in [0.25, 0.3) is 0 Å². The molecule has 1 amide bonds. The molecule has 2 aliphatic rings. The zero-order valence-corrected chi connectivity index (χ0v) is 13.0. The molecule has 0 spiro atoms. The van der Waals surface area contributed by atoms with Crippen LogP contribution in [0.5, 0.6) is 0 Å². The summed E-state index contributed by atoms with van der Waals surface area (Å²) in [7, 11) is 0. The molecule has 1 saturated carbocycles. The Bertz CT molecular complexity index is 318. The highest BCUT2D eigenvalue weighted by atomic mass is 16.2. The van der Waals surface area contributed by atoms with Gasteiger partial charge < -0.3 is 4.90 Å². The van der Waals surface area contributed by atoms with Crippen LogP contribution >= 0.6 is 0 Å². The summed E-state index contributed by atoms with van der Waals surface area (Å²) < 4.78 is 0. The molecule has 3 heteroatoms. The molecule has 0 radical (unpaired) electrons. The monoisotopic (exact) mass is 266 g/mol. The Kier molecular flexibility index (Phi) is 4.88. The Balaban J connectivity index is 1.98. The summed E-state index contributed by atoms with van der Waals surface area (Å²) in [6.07, 6.45) is 6.61. The van der Waals surface area contributed by atoms with Gasteiger partial charge in [0.15, 0.2) is 0 Å². The molecule has 1 saturated heterocycles. The van der Waals surface area contributed by atoms with E-state index in [-0.39, 0.29) is 12.2 Å². The van der Waals surface area contributed by atoms with Gasteiger partial charge in [0.05, 0.1) is 12.2 Å².